The molecule has 26 heavy (non-hydrogen) atoms. The van der Waals surface area contributed by atoms with Gasteiger partial charge in [0.2, 0.25) is 5.91 Å². The Morgan fingerprint density at radius 1 is 1.38 bits per heavy atom. The zero-order valence-corrected chi connectivity index (χ0v) is 16.1. The fourth-order valence-corrected chi connectivity index (χ4v) is 4.19. The molecule has 1 aromatic rings. The molecule has 144 valence electrons. The van der Waals surface area contributed by atoms with Gasteiger partial charge in [0.25, 0.3) is 0 Å². The van der Waals surface area contributed by atoms with Crippen LogP contribution < -0.4 is 5.32 Å². The van der Waals surface area contributed by atoms with E-state index < -0.39 is 0 Å². The van der Waals surface area contributed by atoms with Crippen LogP contribution in [0, 0.1) is 5.92 Å². The molecule has 1 unspecified atom stereocenters. The summed E-state index contributed by atoms with van der Waals surface area (Å²) >= 11 is 0. The number of hydrogen-bond acceptors (Lipinski definition) is 5. The third kappa shape index (κ3) is 3.66. The number of likely N-dealkylation sites (tertiary alicyclic amines) is 1. The van der Waals surface area contributed by atoms with Gasteiger partial charge in [-0.15, -0.1) is 0 Å². The molecule has 3 fully saturated rings. The number of carbonyl (C=O) groups is 1. The van der Waals surface area contributed by atoms with Crippen LogP contribution in [-0.4, -0.2) is 77.0 Å². The molecule has 1 atom stereocenters. The summed E-state index contributed by atoms with van der Waals surface area (Å²) in [7, 11) is 1.71. The lowest BCUT2D eigenvalue weighted by Crippen LogP contribution is -2.72. The maximum Gasteiger partial charge on any atom is 0.239 e. The van der Waals surface area contributed by atoms with Crippen molar-refractivity contribution in [1.82, 2.24) is 24.9 Å². The molecule has 7 nitrogen and oxygen atoms in total. The van der Waals surface area contributed by atoms with Crippen LogP contribution in [0.5, 0.6) is 0 Å². The lowest BCUT2D eigenvalue weighted by molar-refractivity contribution is -0.203. The molecule has 1 N–H and O–H groups in total. The SMILES string of the molecule is CNC(=O)C1COC2(CN(Cc3cnn(C(C)C)c3)C2)CN1CC1CC1. The van der Waals surface area contributed by atoms with Gasteiger partial charge in [0.05, 0.1) is 12.8 Å². The molecule has 1 spiro atoms. The second-order valence-electron chi connectivity index (χ2n) is 8.56. The lowest BCUT2D eigenvalue weighted by atomic mass is 9.90. The molecule has 0 aromatic carbocycles. The average molecular weight is 361 g/mol. The summed E-state index contributed by atoms with van der Waals surface area (Å²) in [5, 5.41) is 7.22. The first kappa shape index (κ1) is 17.9. The van der Waals surface area contributed by atoms with E-state index in [4.69, 9.17) is 4.74 Å². The molecular weight excluding hydrogens is 330 g/mol. The minimum absolute atomic E-state index is 0.0813. The Morgan fingerprint density at radius 3 is 2.77 bits per heavy atom. The first-order valence-corrected chi connectivity index (χ1v) is 9.83. The van der Waals surface area contributed by atoms with Gasteiger partial charge in [-0.25, -0.2) is 0 Å². The smallest absolute Gasteiger partial charge is 0.239 e. The van der Waals surface area contributed by atoms with Crippen LogP contribution in [0.3, 0.4) is 0 Å². The van der Waals surface area contributed by atoms with Crippen molar-refractivity contribution in [1.29, 1.82) is 0 Å². The molecule has 2 saturated heterocycles. The monoisotopic (exact) mass is 361 g/mol. The number of nitrogens with zero attached hydrogens (tertiary/aromatic N) is 4. The summed E-state index contributed by atoms with van der Waals surface area (Å²) < 4.78 is 8.22. The van der Waals surface area contributed by atoms with Crippen LogP contribution in [0.4, 0.5) is 0 Å². The van der Waals surface area contributed by atoms with Gasteiger partial charge in [-0.1, -0.05) is 0 Å². The second-order valence-corrected chi connectivity index (χ2v) is 8.56. The lowest BCUT2D eigenvalue weighted by Gasteiger charge is -2.55. The van der Waals surface area contributed by atoms with Crippen molar-refractivity contribution in [3.8, 4) is 0 Å². The van der Waals surface area contributed by atoms with E-state index in [1.54, 1.807) is 7.05 Å². The van der Waals surface area contributed by atoms with Crippen LogP contribution in [-0.2, 0) is 16.1 Å². The topological polar surface area (TPSA) is 62.6 Å². The van der Waals surface area contributed by atoms with Crippen molar-refractivity contribution in [2.75, 3.05) is 39.8 Å². The first-order valence-electron chi connectivity index (χ1n) is 9.83. The summed E-state index contributed by atoms with van der Waals surface area (Å²) in [6.45, 7) is 9.46. The Morgan fingerprint density at radius 2 is 2.15 bits per heavy atom. The summed E-state index contributed by atoms with van der Waals surface area (Å²) in [4.78, 5) is 17.0. The van der Waals surface area contributed by atoms with Crippen molar-refractivity contribution in [3.63, 3.8) is 0 Å². The molecule has 3 aliphatic rings. The first-order chi connectivity index (χ1) is 12.5. The number of nitrogens with one attached hydrogen (secondary N) is 1. The van der Waals surface area contributed by atoms with E-state index in [1.807, 2.05) is 10.9 Å². The molecule has 1 saturated carbocycles. The van der Waals surface area contributed by atoms with E-state index in [9.17, 15) is 4.79 Å². The van der Waals surface area contributed by atoms with Gasteiger partial charge in [0, 0.05) is 57.6 Å². The van der Waals surface area contributed by atoms with Crippen LogP contribution in [0.25, 0.3) is 0 Å². The number of ether oxygens (including phenoxy) is 1. The van der Waals surface area contributed by atoms with Crippen LogP contribution >= 0.6 is 0 Å². The fourth-order valence-electron chi connectivity index (χ4n) is 4.19. The Balaban J connectivity index is 1.34. The quantitative estimate of drug-likeness (QED) is 0.815. The van der Waals surface area contributed by atoms with Crippen molar-refractivity contribution in [3.05, 3.63) is 18.0 Å². The molecule has 0 bridgehead atoms. The van der Waals surface area contributed by atoms with Crippen LogP contribution in [0.2, 0.25) is 0 Å². The van der Waals surface area contributed by atoms with Gasteiger partial charge in [0.15, 0.2) is 0 Å². The number of likely N-dealkylation sites (N-methyl/N-ethyl adjacent to an activating group) is 1. The van der Waals surface area contributed by atoms with E-state index in [0.29, 0.717) is 12.6 Å². The van der Waals surface area contributed by atoms with Crippen LogP contribution in [0.1, 0.15) is 38.3 Å². The van der Waals surface area contributed by atoms with E-state index in [-0.39, 0.29) is 17.6 Å². The summed E-state index contributed by atoms with van der Waals surface area (Å²) in [6.07, 6.45) is 6.71. The van der Waals surface area contributed by atoms with Gasteiger partial charge in [-0.3, -0.25) is 19.3 Å². The van der Waals surface area contributed by atoms with Gasteiger partial charge in [-0.2, -0.15) is 5.10 Å². The summed E-state index contributed by atoms with van der Waals surface area (Å²) in [5.74, 6) is 0.855. The number of amides is 1. The Kier molecular flexibility index (Phi) is 4.79. The largest absolute Gasteiger partial charge is 0.369 e. The molecule has 4 rings (SSSR count). The van der Waals surface area contributed by atoms with Crippen molar-refractivity contribution < 1.29 is 9.53 Å². The molecule has 2 aliphatic heterocycles. The van der Waals surface area contributed by atoms with Gasteiger partial charge in [-0.05, 0) is 32.6 Å². The Labute approximate surface area is 155 Å². The average Bonchev–Trinajstić information content (AvgIpc) is 3.27. The summed E-state index contributed by atoms with van der Waals surface area (Å²) in [5.41, 5.74) is 1.15. The Bertz CT molecular complexity index is 648. The zero-order chi connectivity index (χ0) is 18.3. The number of aromatic nitrogens is 2. The van der Waals surface area contributed by atoms with Gasteiger partial charge < -0.3 is 10.1 Å². The predicted octanol–water partition coefficient (Wildman–Crippen LogP) is 0.875. The molecule has 1 aliphatic carbocycles. The molecule has 0 radical (unpaired) electrons. The van der Waals surface area contributed by atoms with E-state index in [2.05, 4.69) is 40.3 Å². The number of hydrogen-bond donors (Lipinski definition) is 1. The highest BCUT2D eigenvalue weighted by atomic mass is 16.5. The fraction of sp³-hybridized carbons (Fsp3) is 0.789. The number of rotatable bonds is 6. The highest BCUT2D eigenvalue weighted by Gasteiger charge is 2.50. The van der Waals surface area contributed by atoms with E-state index >= 15 is 0 Å². The van der Waals surface area contributed by atoms with Gasteiger partial charge in [0.1, 0.15) is 11.6 Å². The standard InChI is InChI=1S/C19H31N5O2/c1-14(2)24-9-16(6-21-24)7-22-11-19(12-22)13-23(8-15-4-5-15)17(10-26-19)18(25)20-3/h6,9,14-15,17H,4-5,7-8,10-13H2,1-3H3,(H,20,25). The number of carbonyl (C=O) groups excluding carboxylic acids is 1. The molecule has 7 heteroatoms. The zero-order valence-electron chi connectivity index (χ0n) is 16.1. The predicted molar refractivity (Wildman–Crippen MR) is 98.7 cm³/mol. The summed E-state index contributed by atoms with van der Waals surface area (Å²) in [6, 6.07) is 0.260. The van der Waals surface area contributed by atoms with Crippen LogP contribution in [0.15, 0.2) is 12.4 Å². The maximum absolute atomic E-state index is 12.2. The normalized spacial score (nSPS) is 26.2. The van der Waals surface area contributed by atoms with E-state index in [0.717, 1.165) is 38.6 Å². The second kappa shape index (κ2) is 6.94. The third-order valence-electron chi connectivity index (χ3n) is 5.83. The van der Waals surface area contributed by atoms with E-state index in [1.165, 1.54) is 18.4 Å². The van der Waals surface area contributed by atoms with Crippen molar-refractivity contribution in [2.45, 2.75) is 50.9 Å². The molecule has 3 heterocycles. The highest BCUT2D eigenvalue weighted by Crippen LogP contribution is 2.36. The minimum atomic E-state index is -0.135. The maximum atomic E-state index is 12.2. The molecule has 1 amide bonds. The third-order valence-corrected chi connectivity index (χ3v) is 5.83. The number of morpholine rings is 1. The van der Waals surface area contributed by atoms with Crippen molar-refractivity contribution >= 4 is 5.91 Å². The highest BCUT2D eigenvalue weighted by molar-refractivity contribution is 5.81. The van der Waals surface area contributed by atoms with Gasteiger partial charge >= 0.3 is 0 Å². The molecular formula is C19H31N5O2. The Hall–Kier alpha value is -1.44. The van der Waals surface area contributed by atoms with Crippen molar-refractivity contribution in [2.24, 2.45) is 5.92 Å². The molecule has 1 aromatic heterocycles. The minimum Gasteiger partial charge on any atom is -0.369 e.